The molecule has 1 aromatic carbocycles. The Morgan fingerprint density at radius 1 is 1.26 bits per heavy atom. The molecular weight excluding hydrogens is 266 g/mol. The quantitative estimate of drug-likeness (QED) is 0.736. The minimum Gasteiger partial charge on any atom is -0.324 e. The van der Waals surface area contributed by atoms with Crippen molar-refractivity contribution in [2.24, 2.45) is 10.9 Å². The van der Waals surface area contributed by atoms with Crippen LogP contribution in [0, 0.1) is 0 Å². The van der Waals surface area contributed by atoms with Crippen LogP contribution in [-0.2, 0) is 20.6 Å². The van der Waals surface area contributed by atoms with Gasteiger partial charge in [-0.05, 0) is 37.0 Å². The number of nitrogens with two attached hydrogens (primary N) is 2. The molecule has 1 amide bonds. The first-order chi connectivity index (χ1) is 8.78. The molecule has 0 bridgehead atoms. The number of benzene rings is 1. The van der Waals surface area contributed by atoms with Crippen molar-refractivity contribution in [3.63, 3.8) is 0 Å². The van der Waals surface area contributed by atoms with E-state index < -0.39 is 15.6 Å². The number of nitrogens with one attached hydrogen (secondary N) is 1. The van der Waals surface area contributed by atoms with Crippen LogP contribution in [0.2, 0.25) is 0 Å². The van der Waals surface area contributed by atoms with E-state index >= 15 is 0 Å². The molecule has 0 unspecified atom stereocenters. The normalized spacial score (nSPS) is 17.6. The smallest absolute Gasteiger partial charge is 0.244 e. The van der Waals surface area contributed by atoms with Gasteiger partial charge in [0.1, 0.15) is 0 Å². The Labute approximate surface area is 112 Å². The van der Waals surface area contributed by atoms with Crippen molar-refractivity contribution in [2.75, 3.05) is 5.32 Å². The number of hydrogen-bond acceptors (Lipinski definition) is 4. The van der Waals surface area contributed by atoms with Crippen LogP contribution in [-0.4, -0.2) is 19.9 Å². The second kappa shape index (κ2) is 4.92. The van der Waals surface area contributed by atoms with Gasteiger partial charge in [-0.1, -0.05) is 12.1 Å². The van der Waals surface area contributed by atoms with Crippen molar-refractivity contribution in [3.05, 3.63) is 29.8 Å². The highest BCUT2D eigenvalue weighted by Gasteiger charge is 2.40. The SMILES string of the molecule is NC1(C(=O)Nc2ccc(CS(N)(=O)=O)cc2)CCC1. The van der Waals surface area contributed by atoms with Gasteiger partial charge in [0.2, 0.25) is 15.9 Å². The van der Waals surface area contributed by atoms with Gasteiger partial charge in [0.05, 0.1) is 11.3 Å². The molecule has 0 spiro atoms. The van der Waals surface area contributed by atoms with E-state index in [1.54, 1.807) is 24.3 Å². The number of carbonyl (C=O) groups excluding carboxylic acids is 1. The van der Waals surface area contributed by atoms with Gasteiger partial charge in [-0.2, -0.15) is 0 Å². The second-order valence-electron chi connectivity index (χ2n) is 4.97. The predicted octanol–water partition coefficient (Wildman–Crippen LogP) is 0.295. The molecule has 5 N–H and O–H groups in total. The molecule has 19 heavy (non-hydrogen) atoms. The van der Waals surface area contributed by atoms with Gasteiger partial charge in [-0.25, -0.2) is 13.6 Å². The predicted molar refractivity (Wildman–Crippen MR) is 72.7 cm³/mol. The topological polar surface area (TPSA) is 115 Å². The molecule has 0 aromatic heterocycles. The van der Waals surface area contributed by atoms with E-state index in [1.165, 1.54) is 0 Å². The van der Waals surface area contributed by atoms with Crippen molar-refractivity contribution in [1.82, 2.24) is 0 Å². The van der Waals surface area contributed by atoms with Crippen molar-refractivity contribution in [1.29, 1.82) is 0 Å². The van der Waals surface area contributed by atoms with Crippen molar-refractivity contribution in [2.45, 2.75) is 30.6 Å². The molecule has 6 nitrogen and oxygen atoms in total. The van der Waals surface area contributed by atoms with Crippen LogP contribution in [0.3, 0.4) is 0 Å². The maximum Gasteiger partial charge on any atom is 0.244 e. The lowest BCUT2D eigenvalue weighted by Crippen LogP contribution is -2.56. The Bertz CT molecular complexity index is 577. The van der Waals surface area contributed by atoms with Crippen molar-refractivity contribution < 1.29 is 13.2 Å². The summed E-state index contributed by atoms with van der Waals surface area (Å²) in [5.74, 6) is -0.417. The van der Waals surface area contributed by atoms with Crippen LogP contribution in [0.25, 0.3) is 0 Å². The monoisotopic (exact) mass is 283 g/mol. The fourth-order valence-corrected chi connectivity index (χ4v) is 2.61. The van der Waals surface area contributed by atoms with Gasteiger partial charge >= 0.3 is 0 Å². The van der Waals surface area contributed by atoms with E-state index in [0.717, 1.165) is 6.42 Å². The fraction of sp³-hybridized carbons (Fsp3) is 0.417. The average Bonchev–Trinajstić information content (AvgIpc) is 2.26. The average molecular weight is 283 g/mol. The Hall–Kier alpha value is -1.44. The molecule has 0 saturated heterocycles. The van der Waals surface area contributed by atoms with E-state index in [1.807, 2.05) is 0 Å². The van der Waals surface area contributed by atoms with Gasteiger partial charge in [0.15, 0.2) is 0 Å². The van der Waals surface area contributed by atoms with Crippen LogP contribution in [0.1, 0.15) is 24.8 Å². The highest BCUT2D eigenvalue weighted by molar-refractivity contribution is 7.88. The highest BCUT2D eigenvalue weighted by atomic mass is 32.2. The summed E-state index contributed by atoms with van der Waals surface area (Å²) in [7, 11) is -3.54. The Balaban J connectivity index is 2.01. The summed E-state index contributed by atoms with van der Waals surface area (Å²) in [6, 6.07) is 6.51. The van der Waals surface area contributed by atoms with Gasteiger partial charge in [0.25, 0.3) is 0 Å². The number of rotatable bonds is 4. The van der Waals surface area contributed by atoms with E-state index in [0.29, 0.717) is 24.1 Å². The van der Waals surface area contributed by atoms with Crippen LogP contribution in [0.15, 0.2) is 24.3 Å². The third-order valence-corrected chi connectivity index (χ3v) is 4.01. The lowest BCUT2D eigenvalue weighted by Gasteiger charge is -2.36. The molecule has 0 aliphatic heterocycles. The third kappa shape index (κ3) is 3.52. The molecule has 2 rings (SSSR count). The molecule has 0 heterocycles. The highest BCUT2D eigenvalue weighted by Crippen LogP contribution is 2.30. The molecule has 1 fully saturated rings. The number of sulfonamides is 1. The van der Waals surface area contributed by atoms with Crippen LogP contribution in [0.5, 0.6) is 0 Å². The van der Waals surface area contributed by atoms with Gasteiger partial charge in [-0.15, -0.1) is 0 Å². The largest absolute Gasteiger partial charge is 0.324 e. The summed E-state index contributed by atoms with van der Waals surface area (Å²) in [4.78, 5) is 11.9. The van der Waals surface area contributed by atoms with Crippen LogP contribution < -0.4 is 16.2 Å². The Kier molecular flexibility index (Phi) is 3.62. The lowest BCUT2D eigenvalue weighted by molar-refractivity contribution is -0.123. The standard InChI is InChI=1S/C12H17N3O3S/c13-12(6-1-7-12)11(16)15-10-4-2-9(3-5-10)8-19(14,17)18/h2-5H,1,6-8,13H2,(H,15,16)(H2,14,17,18). The van der Waals surface area contributed by atoms with Crippen LogP contribution >= 0.6 is 0 Å². The van der Waals surface area contributed by atoms with E-state index in [9.17, 15) is 13.2 Å². The fourth-order valence-electron chi connectivity index (χ4n) is 1.96. The van der Waals surface area contributed by atoms with Crippen molar-refractivity contribution >= 4 is 21.6 Å². The van der Waals surface area contributed by atoms with Gasteiger partial charge < -0.3 is 11.1 Å². The minimum atomic E-state index is -3.54. The first-order valence-electron chi connectivity index (χ1n) is 5.98. The molecule has 1 aromatic rings. The lowest BCUT2D eigenvalue weighted by atomic mass is 9.77. The maximum absolute atomic E-state index is 11.9. The van der Waals surface area contributed by atoms with E-state index in [2.05, 4.69) is 5.32 Å². The maximum atomic E-state index is 11.9. The summed E-state index contributed by atoms with van der Waals surface area (Å²) in [6.07, 6.45) is 2.36. The number of anilines is 1. The summed E-state index contributed by atoms with van der Waals surface area (Å²) < 4.78 is 21.9. The Morgan fingerprint density at radius 2 is 1.84 bits per heavy atom. The van der Waals surface area contributed by atoms with Gasteiger partial charge in [0, 0.05) is 5.69 Å². The summed E-state index contributed by atoms with van der Waals surface area (Å²) in [5, 5.41) is 7.68. The summed E-state index contributed by atoms with van der Waals surface area (Å²) in [6.45, 7) is 0. The number of carbonyl (C=O) groups is 1. The van der Waals surface area contributed by atoms with Crippen molar-refractivity contribution in [3.8, 4) is 0 Å². The van der Waals surface area contributed by atoms with E-state index in [-0.39, 0.29) is 11.7 Å². The third-order valence-electron chi connectivity index (χ3n) is 3.28. The molecular formula is C12H17N3O3S. The molecule has 0 radical (unpaired) electrons. The molecule has 1 saturated carbocycles. The first-order valence-corrected chi connectivity index (χ1v) is 7.70. The Morgan fingerprint density at radius 3 is 2.26 bits per heavy atom. The molecule has 0 atom stereocenters. The zero-order chi connectivity index (χ0) is 14.1. The first kappa shape index (κ1) is 14.0. The number of amides is 1. The zero-order valence-corrected chi connectivity index (χ0v) is 11.2. The summed E-state index contributed by atoms with van der Waals surface area (Å²) >= 11 is 0. The zero-order valence-electron chi connectivity index (χ0n) is 10.4. The minimum absolute atomic E-state index is 0.196. The number of primary sulfonamides is 1. The van der Waals surface area contributed by atoms with Crippen LogP contribution in [0.4, 0.5) is 5.69 Å². The molecule has 1 aliphatic rings. The van der Waals surface area contributed by atoms with Gasteiger partial charge in [-0.3, -0.25) is 4.79 Å². The molecule has 104 valence electrons. The molecule has 1 aliphatic carbocycles. The summed E-state index contributed by atoms with van der Waals surface area (Å²) in [5.41, 5.74) is 6.32. The van der Waals surface area contributed by atoms with E-state index in [4.69, 9.17) is 10.9 Å². The number of hydrogen-bond donors (Lipinski definition) is 3. The molecule has 7 heteroatoms. The second-order valence-corrected chi connectivity index (χ2v) is 6.58.